The highest BCUT2D eigenvalue weighted by Gasteiger charge is 2.46. The molecule has 0 bridgehead atoms. The maximum atomic E-state index is 13.4. The van der Waals surface area contributed by atoms with E-state index in [1.54, 1.807) is 0 Å². The molecule has 1 aromatic carbocycles. The van der Waals surface area contributed by atoms with Gasteiger partial charge < -0.3 is 9.30 Å². The SMILES string of the molecule is C[C@@H]1C[C@@H](C)CN(S(=O)(=O)c2ccc(C(=O)O[C@H](c3nccn3C)C(F)(F)F)cc2)C1. The van der Waals surface area contributed by atoms with Crippen LogP contribution in [0.3, 0.4) is 0 Å². The molecule has 0 radical (unpaired) electrons. The fourth-order valence-corrected chi connectivity index (χ4v) is 5.46. The number of esters is 1. The molecule has 0 spiro atoms. The molecule has 11 heteroatoms. The van der Waals surface area contributed by atoms with E-state index in [4.69, 9.17) is 0 Å². The number of carbonyl (C=O) groups excluding carboxylic acids is 1. The quantitative estimate of drug-likeness (QED) is 0.639. The lowest BCUT2D eigenvalue weighted by Crippen LogP contribution is -2.42. The predicted octanol–water partition coefficient (Wildman–Crippen LogP) is 3.55. The summed E-state index contributed by atoms with van der Waals surface area (Å²) >= 11 is 0. The number of aryl methyl sites for hydroxylation is 1. The summed E-state index contributed by atoms with van der Waals surface area (Å²) in [4.78, 5) is 15.9. The number of benzene rings is 1. The fourth-order valence-electron chi connectivity index (χ4n) is 3.78. The molecule has 0 aliphatic carbocycles. The van der Waals surface area contributed by atoms with Crippen LogP contribution in [0.15, 0.2) is 41.6 Å². The van der Waals surface area contributed by atoms with Crippen LogP contribution >= 0.6 is 0 Å². The van der Waals surface area contributed by atoms with E-state index >= 15 is 0 Å². The molecule has 170 valence electrons. The molecule has 0 saturated carbocycles. The second-order valence-corrected chi connectivity index (χ2v) is 9.95. The molecule has 2 heterocycles. The molecule has 1 aliphatic rings. The number of aromatic nitrogens is 2. The molecule has 0 amide bonds. The van der Waals surface area contributed by atoms with Gasteiger partial charge in [-0.3, -0.25) is 0 Å². The van der Waals surface area contributed by atoms with Crippen LogP contribution in [-0.2, 0) is 21.8 Å². The minimum Gasteiger partial charge on any atom is -0.441 e. The Morgan fingerprint density at radius 2 is 1.74 bits per heavy atom. The summed E-state index contributed by atoms with van der Waals surface area (Å²) < 4.78 is 73.3. The summed E-state index contributed by atoms with van der Waals surface area (Å²) in [5, 5.41) is 0. The third-order valence-corrected chi connectivity index (χ3v) is 7.02. The van der Waals surface area contributed by atoms with E-state index in [1.807, 2.05) is 13.8 Å². The molecule has 0 N–H and O–H groups in total. The van der Waals surface area contributed by atoms with Gasteiger partial charge in [0.2, 0.25) is 10.0 Å². The lowest BCUT2D eigenvalue weighted by molar-refractivity contribution is -0.210. The summed E-state index contributed by atoms with van der Waals surface area (Å²) in [5.41, 5.74) is -0.192. The van der Waals surface area contributed by atoms with Crippen molar-refractivity contribution in [1.82, 2.24) is 13.9 Å². The Morgan fingerprint density at radius 1 is 1.16 bits per heavy atom. The van der Waals surface area contributed by atoms with Gasteiger partial charge in [-0.1, -0.05) is 13.8 Å². The van der Waals surface area contributed by atoms with E-state index in [0.29, 0.717) is 13.1 Å². The van der Waals surface area contributed by atoms with Crippen LogP contribution in [0.1, 0.15) is 42.6 Å². The molecule has 2 aromatic rings. The highest BCUT2D eigenvalue weighted by molar-refractivity contribution is 7.89. The Labute approximate surface area is 178 Å². The number of piperidine rings is 1. The largest absolute Gasteiger partial charge is 0.441 e. The summed E-state index contributed by atoms with van der Waals surface area (Å²) in [7, 11) is -2.41. The lowest BCUT2D eigenvalue weighted by Gasteiger charge is -2.34. The number of nitrogens with zero attached hydrogens (tertiary/aromatic N) is 3. The first-order valence-corrected chi connectivity index (χ1v) is 11.2. The van der Waals surface area contributed by atoms with Crippen molar-refractivity contribution in [1.29, 1.82) is 0 Å². The van der Waals surface area contributed by atoms with E-state index < -0.39 is 34.1 Å². The van der Waals surface area contributed by atoms with E-state index in [1.165, 1.54) is 35.9 Å². The number of imidazole rings is 1. The van der Waals surface area contributed by atoms with Crippen LogP contribution in [0.5, 0.6) is 0 Å². The van der Waals surface area contributed by atoms with Crippen molar-refractivity contribution in [2.45, 2.75) is 37.4 Å². The molecule has 1 aliphatic heterocycles. The van der Waals surface area contributed by atoms with Gasteiger partial charge in [-0.2, -0.15) is 17.5 Å². The smallest absolute Gasteiger partial charge is 0.432 e. The van der Waals surface area contributed by atoms with Crippen LogP contribution < -0.4 is 0 Å². The number of rotatable bonds is 5. The van der Waals surface area contributed by atoms with Crippen LogP contribution in [0.2, 0.25) is 0 Å². The van der Waals surface area contributed by atoms with Gasteiger partial charge >= 0.3 is 12.1 Å². The Balaban J connectivity index is 1.79. The normalized spacial score (nSPS) is 21.6. The molecule has 1 aromatic heterocycles. The first-order chi connectivity index (χ1) is 14.4. The first-order valence-electron chi connectivity index (χ1n) is 9.74. The van der Waals surface area contributed by atoms with Gasteiger partial charge in [0.05, 0.1) is 10.5 Å². The van der Waals surface area contributed by atoms with Crippen molar-refractivity contribution in [2.75, 3.05) is 13.1 Å². The molecular weight excluding hydrogens is 435 g/mol. The van der Waals surface area contributed by atoms with Crippen LogP contribution in [0.4, 0.5) is 13.2 Å². The standard InChI is InChI=1S/C20H24F3N3O4S/c1-13-10-14(2)12-26(11-13)31(28,29)16-6-4-15(5-7-16)19(27)30-17(20(21,22)23)18-24-8-9-25(18)3/h4-9,13-14,17H,10-12H2,1-3H3/t13-,14-,17-/m1/s1. The van der Waals surface area contributed by atoms with Crippen molar-refractivity contribution in [3.63, 3.8) is 0 Å². The number of alkyl halides is 3. The molecule has 31 heavy (non-hydrogen) atoms. The second-order valence-electron chi connectivity index (χ2n) is 8.02. The molecule has 1 saturated heterocycles. The highest BCUT2D eigenvalue weighted by atomic mass is 32.2. The zero-order valence-electron chi connectivity index (χ0n) is 17.3. The average Bonchev–Trinajstić information content (AvgIpc) is 3.09. The summed E-state index contributed by atoms with van der Waals surface area (Å²) in [5.74, 6) is -1.25. The Kier molecular flexibility index (Phi) is 6.47. The number of hydrogen-bond acceptors (Lipinski definition) is 5. The van der Waals surface area contributed by atoms with Crippen LogP contribution in [0.25, 0.3) is 0 Å². The summed E-state index contributed by atoms with van der Waals surface area (Å²) in [6.45, 7) is 4.76. The number of hydrogen-bond donors (Lipinski definition) is 0. The molecular formula is C20H24F3N3O4S. The molecule has 1 fully saturated rings. The Morgan fingerprint density at radius 3 is 2.23 bits per heavy atom. The average molecular weight is 459 g/mol. The Bertz CT molecular complexity index is 1020. The minimum absolute atomic E-state index is 0.0261. The maximum Gasteiger partial charge on any atom is 0.432 e. The number of ether oxygens (including phenoxy) is 1. The Hall–Kier alpha value is -2.40. The van der Waals surface area contributed by atoms with Gasteiger partial charge in [0, 0.05) is 32.5 Å². The number of carbonyl (C=O) groups is 1. The van der Waals surface area contributed by atoms with E-state index in [9.17, 15) is 26.4 Å². The third kappa shape index (κ3) is 5.09. The molecule has 7 nitrogen and oxygen atoms in total. The number of sulfonamides is 1. The van der Waals surface area contributed by atoms with E-state index in [2.05, 4.69) is 9.72 Å². The lowest BCUT2D eigenvalue weighted by atomic mass is 9.94. The highest BCUT2D eigenvalue weighted by Crippen LogP contribution is 2.35. The molecule has 3 rings (SSSR count). The van der Waals surface area contributed by atoms with Gasteiger partial charge in [-0.15, -0.1) is 0 Å². The zero-order chi connectivity index (χ0) is 23.0. The van der Waals surface area contributed by atoms with Crippen molar-refractivity contribution >= 4 is 16.0 Å². The van der Waals surface area contributed by atoms with Gasteiger partial charge in [-0.05, 0) is 42.5 Å². The topological polar surface area (TPSA) is 81.5 Å². The van der Waals surface area contributed by atoms with Gasteiger partial charge in [0.1, 0.15) is 0 Å². The molecule has 3 atom stereocenters. The van der Waals surface area contributed by atoms with Crippen molar-refractivity contribution in [3.8, 4) is 0 Å². The van der Waals surface area contributed by atoms with Crippen LogP contribution in [0, 0.1) is 11.8 Å². The summed E-state index contributed by atoms with van der Waals surface area (Å²) in [6.07, 6.45) is -3.99. The third-order valence-electron chi connectivity index (χ3n) is 5.18. The van der Waals surface area contributed by atoms with Crippen molar-refractivity contribution < 1.29 is 31.1 Å². The minimum atomic E-state index is -4.86. The van der Waals surface area contributed by atoms with Crippen molar-refractivity contribution in [2.24, 2.45) is 18.9 Å². The number of halogens is 3. The van der Waals surface area contributed by atoms with Gasteiger partial charge in [-0.25, -0.2) is 18.2 Å². The maximum absolute atomic E-state index is 13.4. The predicted molar refractivity (Wildman–Crippen MR) is 106 cm³/mol. The van der Waals surface area contributed by atoms with Crippen LogP contribution in [-0.4, -0.2) is 47.5 Å². The van der Waals surface area contributed by atoms with E-state index in [-0.39, 0.29) is 22.3 Å². The summed E-state index contributed by atoms with van der Waals surface area (Å²) in [6, 6.07) is 4.72. The zero-order valence-corrected chi connectivity index (χ0v) is 18.2. The monoisotopic (exact) mass is 459 g/mol. The van der Waals surface area contributed by atoms with Gasteiger partial charge in [0.25, 0.3) is 6.10 Å². The van der Waals surface area contributed by atoms with Crippen molar-refractivity contribution in [3.05, 3.63) is 48.0 Å². The first kappa shape index (κ1) is 23.3. The fraction of sp³-hybridized carbons (Fsp3) is 0.500. The van der Waals surface area contributed by atoms with E-state index in [0.717, 1.165) is 23.1 Å². The second kappa shape index (κ2) is 8.62. The molecule has 0 unspecified atom stereocenters. The van der Waals surface area contributed by atoms with Gasteiger partial charge in [0.15, 0.2) is 5.82 Å².